The Morgan fingerprint density at radius 2 is 2.15 bits per heavy atom. The second-order valence-corrected chi connectivity index (χ2v) is 6.32. The summed E-state index contributed by atoms with van der Waals surface area (Å²) in [4.78, 5) is 2.00. The number of alkyl halides is 3. The summed E-state index contributed by atoms with van der Waals surface area (Å²) in [5, 5.41) is 7.93. The van der Waals surface area contributed by atoms with Gasteiger partial charge in [0.2, 0.25) is 0 Å². The molecule has 1 unspecified atom stereocenters. The van der Waals surface area contributed by atoms with Crippen LogP contribution in [0.2, 0.25) is 0 Å². The predicted octanol–water partition coefficient (Wildman–Crippen LogP) is 2.93. The van der Waals surface area contributed by atoms with E-state index in [1.165, 1.54) is 6.07 Å². The van der Waals surface area contributed by atoms with E-state index < -0.39 is 11.7 Å². The van der Waals surface area contributed by atoms with Crippen molar-refractivity contribution in [3.63, 3.8) is 0 Å². The lowest BCUT2D eigenvalue weighted by Gasteiger charge is -2.33. The first kappa shape index (κ1) is 15.0. The van der Waals surface area contributed by atoms with Crippen LogP contribution < -0.4 is 10.6 Å². The van der Waals surface area contributed by atoms with Crippen molar-refractivity contribution in [1.29, 1.82) is 5.41 Å². The topological polar surface area (TPSA) is 53.1 Å². The van der Waals surface area contributed by atoms with Crippen molar-refractivity contribution < 1.29 is 13.2 Å². The highest BCUT2D eigenvalue weighted by atomic mass is 32.2. The molecule has 0 radical (unpaired) electrons. The first-order chi connectivity index (χ1) is 9.29. The highest BCUT2D eigenvalue weighted by Crippen LogP contribution is 2.34. The zero-order valence-electron chi connectivity index (χ0n) is 11.0. The summed E-state index contributed by atoms with van der Waals surface area (Å²) in [7, 11) is 0. The first-order valence-electron chi connectivity index (χ1n) is 6.21. The van der Waals surface area contributed by atoms with Crippen molar-refractivity contribution in [3.8, 4) is 0 Å². The molecule has 0 aromatic heterocycles. The standard InChI is InChI=1S/C13H16F3N3S/c1-8-7-19(4-5-20-8)11-3-2-9(13(14,15)16)6-10(11)12(17)18/h2-3,6,8H,4-5,7H2,1H3,(H3,17,18). The van der Waals surface area contributed by atoms with Gasteiger partial charge in [0, 0.05) is 35.3 Å². The molecular weight excluding hydrogens is 287 g/mol. The lowest BCUT2D eigenvalue weighted by Crippen LogP contribution is -2.38. The molecule has 0 bridgehead atoms. The highest BCUT2D eigenvalue weighted by Gasteiger charge is 2.32. The van der Waals surface area contributed by atoms with Crippen LogP contribution in [0.4, 0.5) is 18.9 Å². The maximum atomic E-state index is 12.7. The molecular formula is C13H16F3N3S. The van der Waals surface area contributed by atoms with Crippen molar-refractivity contribution >= 4 is 23.3 Å². The summed E-state index contributed by atoms with van der Waals surface area (Å²) in [5.74, 6) is 0.580. The Morgan fingerprint density at radius 3 is 2.70 bits per heavy atom. The molecule has 20 heavy (non-hydrogen) atoms. The SMILES string of the molecule is CC1CN(c2ccc(C(F)(F)F)cc2C(=N)N)CCS1. The summed E-state index contributed by atoms with van der Waals surface area (Å²) in [6.45, 7) is 3.57. The van der Waals surface area contributed by atoms with Gasteiger partial charge in [-0.2, -0.15) is 24.9 Å². The van der Waals surface area contributed by atoms with Gasteiger partial charge in [-0.15, -0.1) is 0 Å². The molecule has 1 aliphatic rings. The van der Waals surface area contributed by atoms with Crippen LogP contribution in [-0.2, 0) is 6.18 Å². The predicted molar refractivity (Wildman–Crippen MR) is 76.6 cm³/mol. The number of rotatable bonds is 2. The molecule has 1 atom stereocenters. The summed E-state index contributed by atoms with van der Waals surface area (Å²) >= 11 is 1.83. The molecule has 1 aromatic carbocycles. The smallest absolute Gasteiger partial charge is 0.384 e. The number of benzene rings is 1. The molecule has 1 aliphatic heterocycles. The fraction of sp³-hybridized carbons (Fsp3) is 0.462. The van der Waals surface area contributed by atoms with Gasteiger partial charge in [0.05, 0.1) is 5.56 Å². The maximum Gasteiger partial charge on any atom is 0.416 e. The number of nitrogens with one attached hydrogen (secondary N) is 1. The molecule has 1 fully saturated rings. The van der Waals surface area contributed by atoms with E-state index in [0.717, 1.165) is 31.0 Å². The van der Waals surface area contributed by atoms with Gasteiger partial charge in [0.15, 0.2) is 0 Å². The molecule has 7 heteroatoms. The molecule has 1 heterocycles. The normalized spacial score (nSPS) is 20.0. The average Bonchev–Trinajstić information content (AvgIpc) is 2.37. The van der Waals surface area contributed by atoms with E-state index in [2.05, 4.69) is 6.92 Å². The van der Waals surface area contributed by atoms with Gasteiger partial charge in [0.25, 0.3) is 0 Å². The molecule has 0 amide bonds. The lowest BCUT2D eigenvalue weighted by molar-refractivity contribution is -0.137. The van der Waals surface area contributed by atoms with Crippen molar-refractivity contribution in [3.05, 3.63) is 29.3 Å². The van der Waals surface area contributed by atoms with E-state index in [4.69, 9.17) is 11.1 Å². The van der Waals surface area contributed by atoms with Crippen LogP contribution in [-0.4, -0.2) is 29.9 Å². The van der Waals surface area contributed by atoms with Gasteiger partial charge in [-0.3, -0.25) is 5.41 Å². The molecule has 3 N–H and O–H groups in total. The maximum absolute atomic E-state index is 12.7. The van der Waals surface area contributed by atoms with E-state index in [1.807, 2.05) is 16.7 Å². The highest BCUT2D eigenvalue weighted by molar-refractivity contribution is 8.00. The Morgan fingerprint density at radius 1 is 1.45 bits per heavy atom. The number of thioether (sulfide) groups is 1. The van der Waals surface area contributed by atoms with Gasteiger partial charge in [-0.25, -0.2) is 0 Å². The third kappa shape index (κ3) is 3.20. The Bertz CT molecular complexity index is 516. The monoisotopic (exact) mass is 303 g/mol. The van der Waals surface area contributed by atoms with E-state index >= 15 is 0 Å². The average molecular weight is 303 g/mol. The second-order valence-electron chi connectivity index (χ2n) is 4.77. The Hall–Kier alpha value is -1.37. The number of anilines is 1. The number of halogens is 3. The minimum absolute atomic E-state index is 0.152. The molecule has 2 rings (SSSR count). The summed E-state index contributed by atoms with van der Waals surface area (Å²) in [6, 6.07) is 3.43. The summed E-state index contributed by atoms with van der Waals surface area (Å²) in [5.41, 5.74) is 5.44. The number of hydrogen-bond acceptors (Lipinski definition) is 3. The summed E-state index contributed by atoms with van der Waals surface area (Å²) in [6.07, 6.45) is -4.42. The largest absolute Gasteiger partial charge is 0.416 e. The van der Waals surface area contributed by atoms with E-state index in [1.54, 1.807) is 0 Å². The number of nitrogens with zero attached hydrogens (tertiary/aromatic N) is 1. The Labute approximate surface area is 119 Å². The zero-order chi connectivity index (χ0) is 14.9. The van der Waals surface area contributed by atoms with Crippen molar-refractivity contribution in [1.82, 2.24) is 0 Å². The summed E-state index contributed by atoms with van der Waals surface area (Å²) < 4.78 is 38.2. The van der Waals surface area contributed by atoms with Gasteiger partial charge in [-0.05, 0) is 18.2 Å². The molecule has 1 aromatic rings. The van der Waals surface area contributed by atoms with Crippen LogP contribution in [0.15, 0.2) is 18.2 Å². The molecule has 0 spiro atoms. The van der Waals surface area contributed by atoms with E-state index in [9.17, 15) is 13.2 Å². The number of hydrogen-bond donors (Lipinski definition) is 2. The molecule has 110 valence electrons. The van der Waals surface area contributed by atoms with Gasteiger partial charge in [0.1, 0.15) is 5.84 Å². The number of nitrogens with two attached hydrogens (primary N) is 1. The van der Waals surface area contributed by atoms with Gasteiger partial charge in [-0.1, -0.05) is 6.92 Å². The fourth-order valence-electron chi connectivity index (χ4n) is 2.24. The third-order valence-electron chi connectivity index (χ3n) is 3.20. The van der Waals surface area contributed by atoms with Gasteiger partial charge < -0.3 is 10.6 Å². The third-order valence-corrected chi connectivity index (χ3v) is 4.33. The molecule has 0 aliphatic carbocycles. The van der Waals surface area contributed by atoms with Crippen molar-refractivity contribution in [2.75, 3.05) is 23.7 Å². The van der Waals surface area contributed by atoms with Crippen LogP contribution in [0.1, 0.15) is 18.1 Å². The van der Waals surface area contributed by atoms with E-state index in [-0.39, 0.29) is 11.4 Å². The Balaban J connectivity index is 2.40. The van der Waals surface area contributed by atoms with Crippen molar-refractivity contribution in [2.45, 2.75) is 18.3 Å². The fourth-order valence-corrected chi connectivity index (χ4v) is 3.25. The van der Waals surface area contributed by atoms with Crippen LogP contribution in [0, 0.1) is 5.41 Å². The molecule has 3 nitrogen and oxygen atoms in total. The van der Waals surface area contributed by atoms with Crippen LogP contribution in [0.25, 0.3) is 0 Å². The van der Waals surface area contributed by atoms with Gasteiger partial charge >= 0.3 is 6.18 Å². The minimum Gasteiger partial charge on any atom is -0.384 e. The van der Waals surface area contributed by atoms with Crippen LogP contribution in [0.5, 0.6) is 0 Å². The molecule has 0 saturated carbocycles. The number of nitrogen functional groups attached to an aromatic ring is 1. The minimum atomic E-state index is -4.42. The van der Waals surface area contributed by atoms with E-state index in [0.29, 0.717) is 10.9 Å². The van der Waals surface area contributed by atoms with Crippen molar-refractivity contribution in [2.24, 2.45) is 5.73 Å². The quantitative estimate of drug-likeness (QED) is 0.652. The lowest BCUT2D eigenvalue weighted by atomic mass is 10.1. The first-order valence-corrected chi connectivity index (χ1v) is 7.26. The molecule has 1 saturated heterocycles. The Kier molecular flexibility index (Phi) is 4.17. The number of amidine groups is 1. The zero-order valence-corrected chi connectivity index (χ0v) is 11.8. The second kappa shape index (κ2) is 5.55. The van der Waals surface area contributed by atoms with Crippen LogP contribution in [0.3, 0.4) is 0 Å². The van der Waals surface area contributed by atoms with Crippen LogP contribution >= 0.6 is 11.8 Å².